The summed E-state index contributed by atoms with van der Waals surface area (Å²) in [5.41, 5.74) is 10.4. The van der Waals surface area contributed by atoms with E-state index in [1.807, 2.05) is 50.2 Å². The predicted molar refractivity (Wildman–Crippen MR) is 211 cm³/mol. The zero-order valence-corrected chi connectivity index (χ0v) is 32.8. The Balaban J connectivity index is 1.06. The molecule has 2 aliphatic carbocycles. The number of aryl methyl sites for hydroxylation is 2. The maximum absolute atomic E-state index is 12.3. The van der Waals surface area contributed by atoms with Gasteiger partial charge < -0.3 is 18.9 Å². The number of likely N-dealkylation sites (tertiary alicyclic amines) is 2. The number of nitrogens with zero attached hydrogens (tertiary/aromatic N) is 2. The van der Waals surface area contributed by atoms with Gasteiger partial charge in [0.25, 0.3) is 0 Å². The number of halogens is 2. The van der Waals surface area contributed by atoms with Gasteiger partial charge in [-0.15, -0.1) is 0 Å². The van der Waals surface area contributed by atoms with Crippen molar-refractivity contribution < 1.29 is 28.5 Å². The fourth-order valence-corrected chi connectivity index (χ4v) is 9.74. The summed E-state index contributed by atoms with van der Waals surface area (Å²) in [4.78, 5) is 29.3. The molecule has 0 spiro atoms. The first-order chi connectivity index (χ1) is 26.2. The molecule has 2 saturated heterocycles. The SMILES string of the molecule is CCOC(=O)C1CN(C2CCc3cc(-c4cccc(-c5cccc(-c6cc7c(c(OC)c6)C(N6CC(C(=O)OCC)C6)CC7)c5Cl)c4Cl)cc(OC)c32)C1. The number of ether oxygens (including phenoxy) is 4. The minimum Gasteiger partial charge on any atom is -0.496 e. The molecular weight excluding hydrogens is 723 g/mol. The van der Waals surface area contributed by atoms with Crippen LogP contribution >= 0.6 is 23.2 Å². The number of fused-ring (bicyclic) bond motifs is 2. The van der Waals surface area contributed by atoms with E-state index in [1.165, 1.54) is 22.3 Å². The van der Waals surface area contributed by atoms with Crippen molar-refractivity contribution >= 4 is 35.1 Å². The second-order valence-corrected chi connectivity index (χ2v) is 15.5. The lowest BCUT2D eigenvalue weighted by molar-refractivity contribution is -0.156. The molecule has 4 aromatic rings. The van der Waals surface area contributed by atoms with E-state index in [-0.39, 0.29) is 35.9 Å². The number of carbonyl (C=O) groups excluding carboxylic acids is 2. The molecule has 0 saturated carbocycles. The van der Waals surface area contributed by atoms with Gasteiger partial charge in [0, 0.05) is 71.6 Å². The number of rotatable bonds is 11. The molecule has 2 unspecified atom stereocenters. The van der Waals surface area contributed by atoms with Gasteiger partial charge in [0.05, 0.1) is 49.3 Å². The highest BCUT2D eigenvalue weighted by molar-refractivity contribution is 6.39. The molecular formula is C44H46Cl2N2O6. The van der Waals surface area contributed by atoms with Crippen molar-refractivity contribution in [3.05, 3.63) is 93.0 Å². The lowest BCUT2D eigenvalue weighted by atomic mass is 9.91. The third kappa shape index (κ3) is 6.45. The monoisotopic (exact) mass is 768 g/mol. The molecule has 10 heteroatoms. The molecule has 0 bridgehead atoms. The third-order valence-electron chi connectivity index (χ3n) is 11.8. The largest absolute Gasteiger partial charge is 0.496 e. The summed E-state index contributed by atoms with van der Waals surface area (Å²) in [6, 6.07) is 21.3. The van der Waals surface area contributed by atoms with Crippen molar-refractivity contribution in [2.24, 2.45) is 11.8 Å². The van der Waals surface area contributed by atoms with Crippen LogP contribution in [0.4, 0.5) is 0 Å². The Morgan fingerprint density at radius 2 is 1.02 bits per heavy atom. The first-order valence-electron chi connectivity index (χ1n) is 19.1. The molecule has 2 fully saturated rings. The Bertz CT molecular complexity index is 1960. The highest BCUT2D eigenvalue weighted by Gasteiger charge is 2.43. The number of benzene rings is 4. The molecule has 0 amide bonds. The lowest BCUT2D eigenvalue weighted by Crippen LogP contribution is -2.51. The van der Waals surface area contributed by atoms with E-state index in [9.17, 15) is 9.59 Å². The number of methoxy groups -OCH3 is 2. The molecule has 4 aromatic carbocycles. The van der Waals surface area contributed by atoms with Crippen LogP contribution in [-0.2, 0) is 31.9 Å². The lowest BCUT2D eigenvalue weighted by Gasteiger charge is -2.42. The van der Waals surface area contributed by atoms with Gasteiger partial charge in [0.15, 0.2) is 0 Å². The Kier molecular flexibility index (Phi) is 10.4. The summed E-state index contributed by atoms with van der Waals surface area (Å²) in [6.45, 7) is 7.34. The van der Waals surface area contributed by atoms with Crippen molar-refractivity contribution in [1.29, 1.82) is 0 Å². The van der Waals surface area contributed by atoms with Crippen LogP contribution in [0.25, 0.3) is 33.4 Å². The van der Waals surface area contributed by atoms with Crippen LogP contribution in [0, 0.1) is 11.8 Å². The van der Waals surface area contributed by atoms with Crippen LogP contribution in [0.1, 0.15) is 61.0 Å². The normalized spacial score (nSPS) is 19.8. The van der Waals surface area contributed by atoms with Gasteiger partial charge >= 0.3 is 11.9 Å². The maximum atomic E-state index is 12.3. The average molecular weight is 770 g/mol. The second kappa shape index (κ2) is 15.2. The minimum absolute atomic E-state index is 0.0629. The average Bonchev–Trinajstić information content (AvgIpc) is 3.75. The summed E-state index contributed by atoms with van der Waals surface area (Å²) in [6.07, 6.45) is 3.80. The first-order valence-corrected chi connectivity index (χ1v) is 19.8. The van der Waals surface area contributed by atoms with Crippen molar-refractivity contribution in [1.82, 2.24) is 9.80 Å². The zero-order valence-electron chi connectivity index (χ0n) is 31.3. The molecule has 0 radical (unpaired) electrons. The van der Waals surface area contributed by atoms with Gasteiger partial charge in [-0.1, -0.05) is 71.7 Å². The summed E-state index contributed by atoms with van der Waals surface area (Å²) >= 11 is 14.6. The first kappa shape index (κ1) is 36.9. The summed E-state index contributed by atoms with van der Waals surface area (Å²) in [5, 5.41) is 1.25. The van der Waals surface area contributed by atoms with Gasteiger partial charge in [-0.3, -0.25) is 19.4 Å². The fourth-order valence-electron chi connectivity index (χ4n) is 9.07. The molecule has 2 heterocycles. The van der Waals surface area contributed by atoms with Crippen molar-refractivity contribution in [3.8, 4) is 44.9 Å². The Labute approximate surface area is 327 Å². The van der Waals surface area contributed by atoms with E-state index in [1.54, 1.807) is 14.2 Å². The van der Waals surface area contributed by atoms with E-state index in [0.717, 1.165) is 70.6 Å². The van der Waals surface area contributed by atoms with E-state index in [4.69, 9.17) is 42.1 Å². The molecule has 54 heavy (non-hydrogen) atoms. The van der Waals surface area contributed by atoms with Gasteiger partial charge in [0.2, 0.25) is 0 Å². The topological polar surface area (TPSA) is 77.5 Å². The highest BCUT2D eigenvalue weighted by atomic mass is 35.5. The van der Waals surface area contributed by atoms with E-state index in [0.29, 0.717) is 49.4 Å². The van der Waals surface area contributed by atoms with Crippen LogP contribution < -0.4 is 9.47 Å². The van der Waals surface area contributed by atoms with Crippen LogP contribution in [0.15, 0.2) is 60.7 Å². The predicted octanol–water partition coefficient (Wildman–Crippen LogP) is 8.98. The molecule has 282 valence electrons. The van der Waals surface area contributed by atoms with Crippen molar-refractivity contribution in [2.45, 2.75) is 51.6 Å². The molecule has 0 aromatic heterocycles. The second-order valence-electron chi connectivity index (χ2n) is 14.8. The Hall–Kier alpha value is -4.08. The van der Waals surface area contributed by atoms with E-state index < -0.39 is 0 Å². The number of carbonyl (C=O) groups is 2. The maximum Gasteiger partial charge on any atom is 0.311 e. The van der Waals surface area contributed by atoms with Crippen LogP contribution in [0.3, 0.4) is 0 Å². The van der Waals surface area contributed by atoms with Gasteiger partial charge in [-0.2, -0.15) is 0 Å². The van der Waals surface area contributed by atoms with Crippen molar-refractivity contribution in [2.75, 3.05) is 53.6 Å². The Morgan fingerprint density at radius 1 is 0.630 bits per heavy atom. The third-order valence-corrected chi connectivity index (χ3v) is 12.6. The van der Waals surface area contributed by atoms with Crippen LogP contribution in [-0.4, -0.2) is 75.4 Å². The summed E-state index contributed by atoms with van der Waals surface area (Å²) < 4.78 is 22.5. The number of hydrogen-bond donors (Lipinski definition) is 0. The Morgan fingerprint density at radius 3 is 1.39 bits per heavy atom. The van der Waals surface area contributed by atoms with Crippen LogP contribution in [0.5, 0.6) is 11.5 Å². The fraction of sp³-hybridized carbons (Fsp3) is 0.409. The standard InChI is InChI=1S/C44H46Cl2N2O6/c1-5-53-43(49)29-21-47(22-29)35-15-13-25-17-27(19-37(51-3)39(25)35)31-9-7-11-33(41(31)45)34-12-8-10-32(42(34)46)28-18-26-14-16-36(40(26)38(20-28)52-4)48-23-30(24-48)44(50)54-6-2/h7-12,17-20,29-30,35-36H,5-6,13-16,21-24H2,1-4H3. The van der Waals surface area contributed by atoms with E-state index in [2.05, 4.69) is 34.1 Å². The molecule has 2 aliphatic heterocycles. The molecule has 2 atom stereocenters. The zero-order chi connectivity index (χ0) is 37.7. The number of hydrogen-bond acceptors (Lipinski definition) is 8. The van der Waals surface area contributed by atoms with Gasteiger partial charge in [-0.25, -0.2) is 0 Å². The minimum atomic E-state index is -0.107. The van der Waals surface area contributed by atoms with Gasteiger partial charge in [0.1, 0.15) is 11.5 Å². The smallest absolute Gasteiger partial charge is 0.311 e. The molecule has 8 rings (SSSR count). The summed E-state index contributed by atoms with van der Waals surface area (Å²) in [5.74, 6) is 1.34. The van der Waals surface area contributed by atoms with E-state index >= 15 is 0 Å². The highest BCUT2D eigenvalue weighted by Crippen LogP contribution is 2.50. The van der Waals surface area contributed by atoms with Gasteiger partial charge in [-0.05, 0) is 73.9 Å². The van der Waals surface area contributed by atoms with Crippen LogP contribution in [0.2, 0.25) is 10.0 Å². The molecule has 4 aliphatic rings. The quantitative estimate of drug-likeness (QED) is 0.140. The van der Waals surface area contributed by atoms with Crippen molar-refractivity contribution in [3.63, 3.8) is 0 Å². The number of esters is 2. The summed E-state index contributed by atoms with van der Waals surface area (Å²) in [7, 11) is 3.44. The molecule has 0 N–H and O–H groups in total. The molecule has 8 nitrogen and oxygen atoms in total.